The number of nitrogens with one attached hydrogen (secondary N) is 2. The van der Waals surface area contributed by atoms with Crippen LogP contribution in [0.2, 0.25) is 0 Å². The van der Waals surface area contributed by atoms with Crippen LogP contribution < -0.4 is 5.56 Å². The van der Waals surface area contributed by atoms with Gasteiger partial charge in [0.2, 0.25) is 0 Å². The lowest BCUT2D eigenvalue weighted by atomic mass is 10.2. The molecule has 96 valence electrons. The van der Waals surface area contributed by atoms with Crippen molar-refractivity contribution >= 4 is 23.3 Å². The number of H-pyrrole nitrogens is 2. The van der Waals surface area contributed by atoms with Gasteiger partial charge in [0.25, 0.3) is 5.56 Å². The molecule has 5 nitrogen and oxygen atoms in total. The Morgan fingerprint density at radius 2 is 2.00 bits per heavy atom. The van der Waals surface area contributed by atoms with Crippen LogP contribution >= 0.6 is 12.2 Å². The van der Waals surface area contributed by atoms with E-state index in [1.54, 1.807) is 16.8 Å². The molecule has 2 N–H and O–H groups in total. The maximum absolute atomic E-state index is 12.8. The maximum atomic E-state index is 12.8. The van der Waals surface area contributed by atoms with Crippen molar-refractivity contribution < 1.29 is 4.39 Å². The average Bonchev–Trinajstić information content (AvgIpc) is 2.76. The van der Waals surface area contributed by atoms with E-state index < -0.39 is 0 Å². The van der Waals surface area contributed by atoms with Crippen molar-refractivity contribution in [2.24, 2.45) is 0 Å². The van der Waals surface area contributed by atoms with E-state index in [0.29, 0.717) is 17.6 Å². The molecule has 2 aromatic heterocycles. The molecular weight excluding hydrogens is 267 g/mol. The first-order valence-corrected chi connectivity index (χ1v) is 5.97. The Morgan fingerprint density at radius 3 is 2.74 bits per heavy atom. The second kappa shape index (κ2) is 4.43. The summed E-state index contributed by atoms with van der Waals surface area (Å²) >= 11 is 4.93. The van der Waals surface area contributed by atoms with Gasteiger partial charge in [-0.2, -0.15) is 5.10 Å². The lowest BCUT2D eigenvalue weighted by Gasteiger charge is -2.03. The van der Waals surface area contributed by atoms with E-state index >= 15 is 0 Å². The molecule has 0 aliphatic heterocycles. The Kier molecular flexibility index (Phi) is 2.75. The number of hydrogen-bond acceptors (Lipinski definition) is 3. The third-order valence-corrected chi connectivity index (χ3v) is 2.99. The lowest BCUT2D eigenvalue weighted by Crippen LogP contribution is -2.09. The Balaban J connectivity index is 2.08. The van der Waals surface area contributed by atoms with Crippen molar-refractivity contribution in [3.05, 3.63) is 57.0 Å². The summed E-state index contributed by atoms with van der Waals surface area (Å²) in [6, 6.07) is 6.11. The minimum absolute atomic E-state index is 0.248. The number of rotatable bonds is 2. The van der Waals surface area contributed by atoms with Crippen LogP contribution in [-0.4, -0.2) is 19.7 Å². The molecule has 0 aliphatic rings. The van der Waals surface area contributed by atoms with Crippen molar-refractivity contribution in [3.63, 3.8) is 0 Å². The molecule has 19 heavy (non-hydrogen) atoms. The molecule has 0 fully saturated rings. The summed E-state index contributed by atoms with van der Waals surface area (Å²) in [6.07, 6.45) is 1.48. The maximum Gasteiger partial charge on any atom is 0.262 e. The summed E-state index contributed by atoms with van der Waals surface area (Å²) < 4.78 is 14.7. The molecule has 7 heteroatoms. The molecular formula is C12H9FN4OS. The van der Waals surface area contributed by atoms with E-state index in [0.717, 1.165) is 5.56 Å². The van der Waals surface area contributed by atoms with Crippen molar-refractivity contribution in [2.75, 3.05) is 0 Å². The van der Waals surface area contributed by atoms with Gasteiger partial charge in [-0.15, -0.1) is 0 Å². The number of benzene rings is 1. The van der Waals surface area contributed by atoms with Gasteiger partial charge in [-0.05, 0) is 29.9 Å². The normalized spacial score (nSPS) is 11.0. The van der Waals surface area contributed by atoms with Crippen LogP contribution in [0, 0.1) is 10.6 Å². The van der Waals surface area contributed by atoms with Gasteiger partial charge >= 0.3 is 0 Å². The third-order valence-electron chi connectivity index (χ3n) is 2.79. The molecule has 2 heterocycles. The van der Waals surface area contributed by atoms with Gasteiger partial charge in [0.15, 0.2) is 4.77 Å². The highest BCUT2D eigenvalue weighted by Gasteiger charge is 2.07. The zero-order valence-electron chi connectivity index (χ0n) is 9.68. The van der Waals surface area contributed by atoms with Crippen LogP contribution in [0.1, 0.15) is 5.56 Å². The van der Waals surface area contributed by atoms with Crippen molar-refractivity contribution in [3.8, 4) is 0 Å². The number of hydrogen-bond donors (Lipinski definition) is 2. The van der Waals surface area contributed by atoms with Crippen molar-refractivity contribution in [1.82, 2.24) is 19.7 Å². The van der Waals surface area contributed by atoms with Gasteiger partial charge in [0.1, 0.15) is 16.9 Å². The molecule has 0 aliphatic carbocycles. The second-order valence-electron chi connectivity index (χ2n) is 4.10. The van der Waals surface area contributed by atoms with Gasteiger partial charge in [-0.1, -0.05) is 12.1 Å². The molecule has 0 saturated carbocycles. The summed E-state index contributed by atoms with van der Waals surface area (Å²) in [6.45, 7) is 0.429. The van der Waals surface area contributed by atoms with E-state index in [9.17, 15) is 9.18 Å². The van der Waals surface area contributed by atoms with Crippen LogP contribution in [0.3, 0.4) is 0 Å². The molecule has 3 rings (SSSR count). The highest BCUT2D eigenvalue weighted by atomic mass is 32.1. The Labute approximate surface area is 111 Å². The molecule has 0 amide bonds. The summed E-state index contributed by atoms with van der Waals surface area (Å²) in [5.41, 5.74) is 1.16. The number of halogens is 1. The highest BCUT2D eigenvalue weighted by Crippen LogP contribution is 2.09. The van der Waals surface area contributed by atoms with Crippen molar-refractivity contribution in [2.45, 2.75) is 6.54 Å². The number of aromatic nitrogens is 4. The van der Waals surface area contributed by atoms with E-state index in [1.807, 2.05) is 0 Å². The Morgan fingerprint density at radius 1 is 1.26 bits per heavy atom. The molecule has 0 bridgehead atoms. The number of nitrogens with zero attached hydrogens (tertiary/aromatic N) is 2. The zero-order valence-corrected chi connectivity index (χ0v) is 10.5. The first-order chi connectivity index (χ1) is 9.13. The standard InChI is InChI=1S/C12H9FN4OS/c13-8-3-1-7(2-4-8)6-17-10-9(5-14-17)11(18)16-12(19)15-10/h1-5H,6H2,(H2,15,16,18,19). The van der Waals surface area contributed by atoms with Crippen LogP contribution in [0.4, 0.5) is 4.39 Å². The first-order valence-electron chi connectivity index (χ1n) is 5.56. The fourth-order valence-electron chi connectivity index (χ4n) is 1.88. The zero-order chi connectivity index (χ0) is 13.4. The van der Waals surface area contributed by atoms with Crippen molar-refractivity contribution in [1.29, 1.82) is 0 Å². The number of fused-ring (bicyclic) bond motifs is 1. The van der Waals surface area contributed by atoms with Gasteiger partial charge in [0, 0.05) is 0 Å². The fraction of sp³-hybridized carbons (Fsp3) is 0.0833. The number of aromatic amines is 2. The SMILES string of the molecule is O=c1[nH]c(=S)[nH]c2c1cnn2Cc1ccc(F)cc1. The minimum Gasteiger partial charge on any atom is -0.317 e. The van der Waals surface area contributed by atoms with Crippen LogP contribution in [0.25, 0.3) is 11.0 Å². The predicted octanol–water partition coefficient (Wildman–Crippen LogP) is 1.97. The lowest BCUT2D eigenvalue weighted by molar-refractivity contribution is 0.625. The molecule has 0 radical (unpaired) electrons. The molecule has 1 aromatic carbocycles. The van der Waals surface area contributed by atoms with E-state index in [-0.39, 0.29) is 16.1 Å². The van der Waals surface area contributed by atoms with Crippen LogP contribution in [0.5, 0.6) is 0 Å². The Hall–Kier alpha value is -2.28. The summed E-state index contributed by atoms with van der Waals surface area (Å²) in [5.74, 6) is -0.287. The minimum atomic E-state index is -0.287. The topological polar surface area (TPSA) is 66.5 Å². The fourth-order valence-corrected chi connectivity index (χ4v) is 2.06. The second-order valence-corrected chi connectivity index (χ2v) is 4.51. The summed E-state index contributed by atoms with van der Waals surface area (Å²) in [4.78, 5) is 17.1. The molecule has 0 spiro atoms. The summed E-state index contributed by atoms with van der Waals surface area (Å²) in [5, 5.41) is 4.58. The third kappa shape index (κ3) is 2.19. The van der Waals surface area contributed by atoms with Crippen LogP contribution in [0.15, 0.2) is 35.3 Å². The van der Waals surface area contributed by atoms with Crippen LogP contribution in [-0.2, 0) is 6.54 Å². The van der Waals surface area contributed by atoms with E-state index in [1.165, 1.54) is 18.3 Å². The van der Waals surface area contributed by atoms with E-state index in [2.05, 4.69) is 15.1 Å². The monoisotopic (exact) mass is 276 g/mol. The quantitative estimate of drug-likeness (QED) is 0.703. The summed E-state index contributed by atoms with van der Waals surface area (Å²) in [7, 11) is 0. The van der Waals surface area contributed by atoms with Gasteiger partial charge in [-0.25, -0.2) is 9.07 Å². The van der Waals surface area contributed by atoms with E-state index in [4.69, 9.17) is 12.2 Å². The first kappa shape index (κ1) is 11.8. The molecule has 0 atom stereocenters. The predicted molar refractivity (Wildman–Crippen MR) is 71.0 cm³/mol. The average molecular weight is 276 g/mol. The largest absolute Gasteiger partial charge is 0.317 e. The Bertz CT molecular complexity index is 847. The molecule has 3 aromatic rings. The van der Waals surface area contributed by atoms with Gasteiger partial charge in [-0.3, -0.25) is 9.78 Å². The smallest absolute Gasteiger partial charge is 0.262 e. The molecule has 0 saturated heterocycles. The van der Waals surface area contributed by atoms with Gasteiger partial charge in [0.05, 0.1) is 12.7 Å². The highest BCUT2D eigenvalue weighted by molar-refractivity contribution is 7.71. The van der Waals surface area contributed by atoms with Gasteiger partial charge < -0.3 is 4.98 Å². The molecule has 0 unspecified atom stereocenters.